The first-order valence-electron chi connectivity index (χ1n) is 7.50. The molecule has 1 N–H and O–H groups in total. The molecule has 1 saturated carbocycles. The van der Waals surface area contributed by atoms with Crippen LogP contribution < -0.4 is 5.32 Å². The number of esters is 1. The van der Waals surface area contributed by atoms with E-state index in [2.05, 4.69) is 5.32 Å². The minimum absolute atomic E-state index is 0.213. The van der Waals surface area contributed by atoms with Crippen LogP contribution in [0.1, 0.15) is 53.4 Å². The number of rotatable bonds is 9. The smallest absolute Gasteiger partial charge is 0.328 e. The van der Waals surface area contributed by atoms with Crippen molar-refractivity contribution in [2.24, 2.45) is 5.92 Å². The van der Waals surface area contributed by atoms with Gasteiger partial charge in [-0.05, 0) is 40.0 Å². The molecule has 4 heteroatoms. The molecule has 0 bridgehead atoms. The molecule has 0 aromatic carbocycles. The number of carbonyl (C=O) groups excluding carboxylic acids is 1. The second kappa shape index (κ2) is 7.85. The second-order valence-corrected chi connectivity index (χ2v) is 5.99. The summed E-state index contributed by atoms with van der Waals surface area (Å²) in [6.45, 7) is 9.23. The molecule has 0 heterocycles. The van der Waals surface area contributed by atoms with Crippen molar-refractivity contribution in [3.8, 4) is 0 Å². The largest absolute Gasteiger partial charge is 0.465 e. The van der Waals surface area contributed by atoms with E-state index in [1.165, 1.54) is 19.3 Å². The minimum atomic E-state index is -0.746. The monoisotopic (exact) mass is 271 g/mol. The first kappa shape index (κ1) is 16.4. The molecule has 4 nitrogen and oxygen atoms in total. The van der Waals surface area contributed by atoms with Crippen LogP contribution in [0.2, 0.25) is 0 Å². The fourth-order valence-electron chi connectivity index (χ4n) is 2.39. The molecule has 0 radical (unpaired) electrons. The van der Waals surface area contributed by atoms with Gasteiger partial charge >= 0.3 is 5.97 Å². The van der Waals surface area contributed by atoms with Crippen LogP contribution in [0.25, 0.3) is 0 Å². The lowest BCUT2D eigenvalue weighted by Crippen LogP contribution is -2.56. The van der Waals surface area contributed by atoms with Crippen molar-refractivity contribution in [2.45, 2.75) is 65.0 Å². The lowest BCUT2D eigenvalue weighted by Gasteiger charge is -2.31. The van der Waals surface area contributed by atoms with Gasteiger partial charge in [0.05, 0.1) is 13.2 Å². The number of ether oxygens (including phenoxy) is 2. The summed E-state index contributed by atoms with van der Waals surface area (Å²) < 4.78 is 10.8. The summed E-state index contributed by atoms with van der Waals surface area (Å²) in [6.07, 6.45) is 5.15. The highest BCUT2D eigenvalue weighted by Gasteiger charge is 2.35. The molecule has 0 saturated heterocycles. The minimum Gasteiger partial charge on any atom is -0.465 e. The van der Waals surface area contributed by atoms with Gasteiger partial charge in [-0.2, -0.15) is 0 Å². The second-order valence-electron chi connectivity index (χ2n) is 5.99. The van der Waals surface area contributed by atoms with Gasteiger partial charge in [-0.15, -0.1) is 0 Å². The molecule has 1 atom stereocenters. The van der Waals surface area contributed by atoms with Crippen LogP contribution in [0.5, 0.6) is 0 Å². The van der Waals surface area contributed by atoms with Crippen molar-refractivity contribution in [2.75, 3.05) is 19.8 Å². The van der Waals surface area contributed by atoms with Crippen LogP contribution in [-0.4, -0.2) is 37.4 Å². The van der Waals surface area contributed by atoms with Gasteiger partial charge < -0.3 is 9.47 Å². The van der Waals surface area contributed by atoms with Gasteiger partial charge in [-0.3, -0.25) is 5.32 Å². The van der Waals surface area contributed by atoms with Crippen LogP contribution in [0, 0.1) is 5.92 Å². The van der Waals surface area contributed by atoms with E-state index in [0.717, 1.165) is 18.9 Å². The standard InChI is InChI=1S/C15H29NO3/c1-5-19-14(17)15(4,16-12(2)3)11-18-10-9-13-7-6-8-13/h12-13,16H,5-11H2,1-4H3. The summed E-state index contributed by atoms with van der Waals surface area (Å²) in [6, 6.07) is 0.213. The molecule has 19 heavy (non-hydrogen) atoms. The lowest BCUT2D eigenvalue weighted by molar-refractivity contribution is -0.153. The molecule has 0 aromatic rings. The maximum Gasteiger partial charge on any atom is 0.328 e. The fourth-order valence-corrected chi connectivity index (χ4v) is 2.39. The zero-order chi connectivity index (χ0) is 14.3. The molecular formula is C15H29NO3. The van der Waals surface area contributed by atoms with Crippen LogP contribution in [0.15, 0.2) is 0 Å². The van der Waals surface area contributed by atoms with E-state index in [0.29, 0.717) is 13.2 Å². The van der Waals surface area contributed by atoms with Crippen molar-refractivity contribution in [1.82, 2.24) is 5.32 Å². The van der Waals surface area contributed by atoms with Gasteiger partial charge in [-0.25, -0.2) is 4.79 Å². The molecule has 0 amide bonds. The summed E-state index contributed by atoms with van der Waals surface area (Å²) >= 11 is 0. The van der Waals surface area contributed by atoms with Crippen LogP contribution >= 0.6 is 0 Å². The van der Waals surface area contributed by atoms with Gasteiger partial charge in [0, 0.05) is 12.6 Å². The van der Waals surface area contributed by atoms with Crippen molar-refractivity contribution < 1.29 is 14.3 Å². The Bertz CT molecular complexity index is 277. The third kappa shape index (κ3) is 5.49. The first-order chi connectivity index (χ1) is 8.98. The SMILES string of the molecule is CCOC(=O)C(C)(COCCC1CCC1)NC(C)C. The Balaban J connectivity index is 2.36. The van der Waals surface area contributed by atoms with Crippen LogP contribution in [0.4, 0.5) is 0 Å². The Labute approximate surface area is 117 Å². The predicted molar refractivity (Wildman–Crippen MR) is 76.1 cm³/mol. The molecule has 1 unspecified atom stereocenters. The quantitative estimate of drug-likeness (QED) is 0.517. The third-order valence-corrected chi connectivity index (χ3v) is 3.62. The van der Waals surface area contributed by atoms with Crippen molar-refractivity contribution in [1.29, 1.82) is 0 Å². The highest BCUT2D eigenvalue weighted by Crippen LogP contribution is 2.29. The molecule has 1 rings (SSSR count). The molecule has 0 aromatic heterocycles. The Morgan fingerprint density at radius 2 is 2.11 bits per heavy atom. The number of hydrogen-bond acceptors (Lipinski definition) is 4. The zero-order valence-corrected chi connectivity index (χ0v) is 12.8. The number of carbonyl (C=O) groups is 1. The van der Waals surface area contributed by atoms with E-state index in [1.807, 2.05) is 27.7 Å². The van der Waals surface area contributed by atoms with Gasteiger partial charge in [0.2, 0.25) is 0 Å². The summed E-state index contributed by atoms with van der Waals surface area (Å²) in [7, 11) is 0. The molecule has 1 fully saturated rings. The summed E-state index contributed by atoms with van der Waals surface area (Å²) in [4.78, 5) is 12.0. The Morgan fingerprint density at radius 1 is 1.42 bits per heavy atom. The van der Waals surface area contributed by atoms with Gasteiger partial charge in [-0.1, -0.05) is 19.3 Å². The van der Waals surface area contributed by atoms with E-state index >= 15 is 0 Å². The number of hydrogen-bond donors (Lipinski definition) is 1. The first-order valence-corrected chi connectivity index (χ1v) is 7.50. The van der Waals surface area contributed by atoms with E-state index in [-0.39, 0.29) is 12.0 Å². The maximum atomic E-state index is 12.0. The van der Waals surface area contributed by atoms with Crippen molar-refractivity contribution in [3.63, 3.8) is 0 Å². The Hall–Kier alpha value is -0.610. The topological polar surface area (TPSA) is 47.6 Å². The van der Waals surface area contributed by atoms with E-state index < -0.39 is 5.54 Å². The highest BCUT2D eigenvalue weighted by atomic mass is 16.5. The lowest BCUT2D eigenvalue weighted by atomic mass is 9.83. The molecule has 0 aliphatic heterocycles. The molecule has 1 aliphatic rings. The molecule has 0 spiro atoms. The van der Waals surface area contributed by atoms with E-state index in [9.17, 15) is 4.79 Å². The fraction of sp³-hybridized carbons (Fsp3) is 0.933. The normalized spacial score (nSPS) is 19.0. The molecule has 1 aliphatic carbocycles. The van der Waals surface area contributed by atoms with Crippen molar-refractivity contribution >= 4 is 5.97 Å². The van der Waals surface area contributed by atoms with Crippen molar-refractivity contribution in [3.05, 3.63) is 0 Å². The summed E-state index contributed by atoms with van der Waals surface area (Å²) in [5.41, 5.74) is -0.746. The van der Waals surface area contributed by atoms with Gasteiger partial charge in [0.1, 0.15) is 5.54 Å². The van der Waals surface area contributed by atoms with E-state index in [1.54, 1.807) is 0 Å². The highest BCUT2D eigenvalue weighted by molar-refractivity contribution is 5.80. The predicted octanol–water partition coefficient (Wildman–Crippen LogP) is 2.51. The molecule has 112 valence electrons. The average Bonchev–Trinajstić information content (AvgIpc) is 2.25. The Kier molecular flexibility index (Phi) is 6.80. The van der Waals surface area contributed by atoms with Crippen LogP contribution in [0.3, 0.4) is 0 Å². The average molecular weight is 271 g/mol. The summed E-state index contributed by atoms with van der Waals surface area (Å²) in [5, 5.41) is 3.26. The van der Waals surface area contributed by atoms with Gasteiger partial charge in [0.25, 0.3) is 0 Å². The third-order valence-electron chi connectivity index (χ3n) is 3.62. The number of nitrogens with one attached hydrogen (secondary N) is 1. The van der Waals surface area contributed by atoms with Gasteiger partial charge in [0.15, 0.2) is 0 Å². The summed E-state index contributed by atoms with van der Waals surface area (Å²) in [5.74, 6) is 0.610. The molecular weight excluding hydrogens is 242 g/mol. The van der Waals surface area contributed by atoms with Crippen LogP contribution in [-0.2, 0) is 14.3 Å². The zero-order valence-electron chi connectivity index (χ0n) is 12.8. The Morgan fingerprint density at radius 3 is 2.58 bits per heavy atom. The van der Waals surface area contributed by atoms with E-state index in [4.69, 9.17) is 9.47 Å². The maximum absolute atomic E-state index is 12.0.